The number of rotatable bonds is 5. The van der Waals surface area contributed by atoms with Crippen molar-refractivity contribution < 1.29 is 4.79 Å². The number of nitrogens with zero attached hydrogens (tertiary/aromatic N) is 3. The van der Waals surface area contributed by atoms with E-state index in [0.29, 0.717) is 16.0 Å². The number of amides is 1. The highest BCUT2D eigenvalue weighted by Gasteiger charge is 2.24. The quantitative estimate of drug-likeness (QED) is 0.791. The summed E-state index contributed by atoms with van der Waals surface area (Å²) in [6.45, 7) is 7.63. The highest BCUT2D eigenvalue weighted by Crippen LogP contribution is 2.31. The Kier molecular flexibility index (Phi) is 6.27. The van der Waals surface area contributed by atoms with Crippen molar-refractivity contribution in [1.82, 2.24) is 9.88 Å². The van der Waals surface area contributed by atoms with E-state index in [1.165, 1.54) is 11.3 Å². The molecule has 1 N–H and O–H groups in total. The molecule has 1 fully saturated rings. The van der Waals surface area contributed by atoms with E-state index in [1.807, 2.05) is 36.9 Å². The summed E-state index contributed by atoms with van der Waals surface area (Å²) in [5.74, 6) is 0.265. The Morgan fingerprint density at radius 3 is 2.62 bits per heavy atom. The molecule has 2 aromatic rings. The Morgan fingerprint density at radius 1 is 1.27 bits per heavy atom. The SMILES string of the molecule is CC(C)C(=O)N1CCN(c2ccc(Cl)cc2NCc2cnc(Cl)s2)CC1. The maximum atomic E-state index is 12.2. The number of benzene rings is 1. The van der Waals surface area contributed by atoms with Gasteiger partial charge < -0.3 is 15.1 Å². The first-order valence-corrected chi connectivity index (χ1v) is 10.2. The van der Waals surface area contributed by atoms with Gasteiger partial charge >= 0.3 is 0 Å². The summed E-state index contributed by atoms with van der Waals surface area (Å²) in [5, 5.41) is 4.13. The number of nitrogens with one attached hydrogen (secondary N) is 1. The number of anilines is 2. The Morgan fingerprint density at radius 2 is 2.00 bits per heavy atom. The number of halogens is 2. The van der Waals surface area contributed by atoms with Gasteiger partial charge in [0.25, 0.3) is 0 Å². The van der Waals surface area contributed by atoms with E-state index in [0.717, 1.165) is 42.4 Å². The standard InChI is InChI=1S/C18H22Cl2N4OS/c1-12(2)17(25)24-7-5-23(6-8-24)16-4-3-13(19)9-15(16)21-10-14-11-22-18(20)26-14/h3-4,9,11-12,21H,5-8,10H2,1-2H3. The molecule has 1 saturated heterocycles. The monoisotopic (exact) mass is 412 g/mol. The first-order valence-electron chi connectivity index (χ1n) is 8.61. The van der Waals surface area contributed by atoms with Gasteiger partial charge in [0.2, 0.25) is 5.91 Å². The fourth-order valence-electron chi connectivity index (χ4n) is 3.01. The van der Waals surface area contributed by atoms with Crippen molar-refractivity contribution >= 4 is 51.8 Å². The largest absolute Gasteiger partial charge is 0.378 e. The van der Waals surface area contributed by atoms with Crippen LogP contribution in [0.5, 0.6) is 0 Å². The van der Waals surface area contributed by atoms with E-state index in [9.17, 15) is 4.79 Å². The molecular weight excluding hydrogens is 391 g/mol. The second-order valence-corrected chi connectivity index (χ2v) is 8.70. The van der Waals surface area contributed by atoms with Gasteiger partial charge in [-0.15, -0.1) is 11.3 Å². The first kappa shape index (κ1) is 19.3. The molecule has 0 radical (unpaired) electrons. The van der Waals surface area contributed by atoms with Crippen LogP contribution in [-0.2, 0) is 11.3 Å². The second-order valence-electron chi connectivity index (χ2n) is 6.56. The van der Waals surface area contributed by atoms with Crippen LogP contribution in [-0.4, -0.2) is 42.0 Å². The highest BCUT2D eigenvalue weighted by atomic mass is 35.5. The van der Waals surface area contributed by atoms with Gasteiger partial charge in [-0.3, -0.25) is 4.79 Å². The van der Waals surface area contributed by atoms with E-state index in [4.69, 9.17) is 23.2 Å². The third kappa shape index (κ3) is 4.61. The molecule has 0 aliphatic carbocycles. The number of hydrogen-bond acceptors (Lipinski definition) is 5. The van der Waals surface area contributed by atoms with E-state index in [1.54, 1.807) is 6.20 Å². The van der Waals surface area contributed by atoms with Crippen molar-refractivity contribution in [2.45, 2.75) is 20.4 Å². The molecule has 0 spiro atoms. The lowest BCUT2D eigenvalue weighted by atomic mass is 10.1. The van der Waals surface area contributed by atoms with Crippen molar-refractivity contribution in [3.63, 3.8) is 0 Å². The number of carbonyl (C=O) groups excluding carboxylic acids is 1. The second kappa shape index (κ2) is 8.46. The van der Waals surface area contributed by atoms with E-state index in [2.05, 4.69) is 15.2 Å². The summed E-state index contributed by atoms with van der Waals surface area (Å²) in [4.78, 5) is 21.5. The average Bonchev–Trinajstić information content (AvgIpc) is 3.05. The number of thiazole rings is 1. The minimum Gasteiger partial charge on any atom is -0.378 e. The van der Waals surface area contributed by atoms with Crippen molar-refractivity contribution in [1.29, 1.82) is 0 Å². The first-order chi connectivity index (χ1) is 12.4. The van der Waals surface area contributed by atoms with Crippen LogP contribution in [0.3, 0.4) is 0 Å². The predicted molar refractivity (Wildman–Crippen MR) is 110 cm³/mol. The fourth-order valence-corrected chi connectivity index (χ4v) is 4.10. The Labute approximate surface area is 167 Å². The average molecular weight is 413 g/mol. The lowest BCUT2D eigenvalue weighted by Crippen LogP contribution is -2.50. The van der Waals surface area contributed by atoms with E-state index >= 15 is 0 Å². The molecule has 1 amide bonds. The smallest absolute Gasteiger partial charge is 0.225 e. The molecule has 0 bridgehead atoms. The maximum Gasteiger partial charge on any atom is 0.225 e. The molecule has 26 heavy (non-hydrogen) atoms. The van der Waals surface area contributed by atoms with Gasteiger partial charge in [-0.25, -0.2) is 4.98 Å². The van der Waals surface area contributed by atoms with Gasteiger partial charge in [-0.05, 0) is 18.2 Å². The van der Waals surface area contributed by atoms with E-state index < -0.39 is 0 Å². The molecule has 0 unspecified atom stereocenters. The van der Waals surface area contributed by atoms with Crippen LogP contribution in [0.2, 0.25) is 9.49 Å². The van der Waals surface area contributed by atoms with Gasteiger partial charge in [0.05, 0.1) is 17.9 Å². The molecule has 1 aromatic carbocycles. The third-order valence-electron chi connectivity index (χ3n) is 4.36. The van der Waals surface area contributed by atoms with Crippen LogP contribution in [0.4, 0.5) is 11.4 Å². The minimum absolute atomic E-state index is 0.0422. The predicted octanol–water partition coefficient (Wildman–Crippen LogP) is 4.37. The Hall–Kier alpha value is -1.50. The zero-order valence-electron chi connectivity index (χ0n) is 14.8. The normalized spacial score (nSPS) is 14.8. The summed E-state index contributed by atoms with van der Waals surface area (Å²) < 4.78 is 0.541. The molecule has 0 saturated carbocycles. The molecule has 2 heterocycles. The van der Waals surface area contributed by atoms with Crippen LogP contribution in [0.1, 0.15) is 18.7 Å². The minimum atomic E-state index is 0.0422. The number of piperazine rings is 1. The lowest BCUT2D eigenvalue weighted by Gasteiger charge is -2.37. The molecule has 5 nitrogen and oxygen atoms in total. The fraction of sp³-hybridized carbons (Fsp3) is 0.444. The van der Waals surface area contributed by atoms with Crippen molar-refractivity contribution in [3.8, 4) is 0 Å². The van der Waals surface area contributed by atoms with E-state index in [-0.39, 0.29) is 11.8 Å². The van der Waals surface area contributed by atoms with Gasteiger partial charge in [-0.2, -0.15) is 0 Å². The molecule has 3 rings (SSSR count). The van der Waals surface area contributed by atoms with Crippen LogP contribution in [0.15, 0.2) is 24.4 Å². The van der Waals surface area contributed by atoms with Crippen LogP contribution < -0.4 is 10.2 Å². The molecule has 1 aliphatic heterocycles. The van der Waals surface area contributed by atoms with Crippen molar-refractivity contribution in [3.05, 3.63) is 38.8 Å². The zero-order chi connectivity index (χ0) is 18.7. The van der Waals surface area contributed by atoms with Gasteiger partial charge in [0.15, 0.2) is 4.47 Å². The summed E-state index contributed by atoms with van der Waals surface area (Å²) in [7, 11) is 0. The summed E-state index contributed by atoms with van der Waals surface area (Å²) in [6, 6.07) is 5.87. The number of hydrogen-bond donors (Lipinski definition) is 1. The highest BCUT2D eigenvalue weighted by molar-refractivity contribution is 7.15. The molecular formula is C18H22Cl2N4OS. The van der Waals surface area contributed by atoms with Crippen LogP contribution in [0.25, 0.3) is 0 Å². The van der Waals surface area contributed by atoms with Gasteiger partial charge in [0, 0.05) is 48.2 Å². The molecule has 8 heteroatoms. The Bertz CT molecular complexity index is 772. The van der Waals surface area contributed by atoms with Gasteiger partial charge in [0.1, 0.15) is 0 Å². The molecule has 1 aromatic heterocycles. The Balaban J connectivity index is 1.69. The topological polar surface area (TPSA) is 48.5 Å². The van der Waals surface area contributed by atoms with Gasteiger partial charge in [-0.1, -0.05) is 37.0 Å². The maximum absolute atomic E-state index is 12.2. The number of carbonyl (C=O) groups is 1. The van der Waals surface area contributed by atoms with Crippen LogP contribution in [0, 0.1) is 5.92 Å². The van der Waals surface area contributed by atoms with Crippen molar-refractivity contribution in [2.75, 3.05) is 36.4 Å². The summed E-state index contributed by atoms with van der Waals surface area (Å²) >= 11 is 13.6. The lowest BCUT2D eigenvalue weighted by molar-refractivity contribution is -0.134. The molecule has 140 valence electrons. The third-order valence-corrected chi connectivity index (χ3v) is 5.71. The van der Waals surface area contributed by atoms with Crippen molar-refractivity contribution in [2.24, 2.45) is 5.92 Å². The molecule has 0 atom stereocenters. The summed E-state index contributed by atoms with van der Waals surface area (Å²) in [6.07, 6.45) is 1.78. The molecule has 1 aliphatic rings. The van der Waals surface area contributed by atoms with Crippen LogP contribution >= 0.6 is 34.5 Å². The number of aromatic nitrogens is 1. The zero-order valence-corrected chi connectivity index (χ0v) is 17.2. The summed E-state index contributed by atoms with van der Waals surface area (Å²) in [5.41, 5.74) is 2.08.